The highest BCUT2D eigenvalue weighted by Crippen LogP contribution is 2.12. The number of hydrogen-bond acceptors (Lipinski definition) is 4. The molecule has 0 amide bonds. The van der Waals surface area contributed by atoms with Gasteiger partial charge in [-0.1, -0.05) is 45.4 Å². The summed E-state index contributed by atoms with van der Waals surface area (Å²) in [6.07, 6.45) is 9.10. The van der Waals surface area contributed by atoms with Crippen LogP contribution in [0.4, 0.5) is 0 Å². The number of ether oxygens (including phenoxy) is 2. The Hall–Kier alpha value is -0.610. The van der Waals surface area contributed by atoms with Crippen LogP contribution < -0.4 is 0 Å². The zero-order valence-corrected chi connectivity index (χ0v) is 12.5. The van der Waals surface area contributed by atoms with Crippen molar-refractivity contribution < 1.29 is 14.3 Å². The molecule has 0 aromatic rings. The summed E-state index contributed by atoms with van der Waals surface area (Å²) in [6, 6.07) is -0.196. The van der Waals surface area contributed by atoms with Gasteiger partial charge < -0.3 is 9.47 Å². The normalized spacial score (nSPS) is 20.4. The molecule has 1 fully saturated rings. The second-order valence-electron chi connectivity index (χ2n) is 5.27. The van der Waals surface area contributed by atoms with Gasteiger partial charge in [0.05, 0.1) is 20.3 Å². The summed E-state index contributed by atoms with van der Waals surface area (Å²) in [5.41, 5.74) is 0. The standard InChI is InChI=1S/C15H29NO3/c1-3-4-5-6-7-8-9-10-16-11-12-19-13-14(16)15(17)18-2/h14H,3-13H2,1-2H3. The van der Waals surface area contributed by atoms with Crippen LogP contribution in [0.1, 0.15) is 51.9 Å². The first-order chi connectivity index (χ1) is 9.29. The summed E-state index contributed by atoms with van der Waals surface area (Å²) in [5.74, 6) is -0.164. The Bertz CT molecular complexity index is 246. The maximum absolute atomic E-state index is 11.6. The van der Waals surface area contributed by atoms with Gasteiger partial charge in [-0.3, -0.25) is 9.69 Å². The first-order valence-corrected chi connectivity index (χ1v) is 7.69. The van der Waals surface area contributed by atoms with Crippen LogP contribution in [0.5, 0.6) is 0 Å². The zero-order chi connectivity index (χ0) is 13.9. The van der Waals surface area contributed by atoms with Gasteiger partial charge in [-0.15, -0.1) is 0 Å². The molecule has 0 bridgehead atoms. The van der Waals surface area contributed by atoms with E-state index in [0.29, 0.717) is 6.61 Å². The van der Waals surface area contributed by atoms with E-state index in [4.69, 9.17) is 9.47 Å². The molecule has 1 atom stereocenters. The Morgan fingerprint density at radius 3 is 2.58 bits per heavy atom. The van der Waals surface area contributed by atoms with E-state index in [2.05, 4.69) is 11.8 Å². The van der Waals surface area contributed by atoms with E-state index in [1.807, 2.05) is 0 Å². The van der Waals surface area contributed by atoms with Crippen molar-refractivity contribution in [1.29, 1.82) is 0 Å². The van der Waals surface area contributed by atoms with E-state index >= 15 is 0 Å². The number of carbonyl (C=O) groups excluding carboxylic acids is 1. The van der Waals surface area contributed by atoms with Crippen molar-refractivity contribution in [2.24, 2.45) is 0 Å². The Kier molecular flexibility index (Phi) is 8.84. The quantitative estimate of drug-likeness (QED) is 0.477. The second-order valence-corrected chi connectivity index (χ2v) is 5.27. The molecule has 1 unspecified atom stereocenters. The maximum atomic E-state index is 11.6. The summed E-state index contributed by atoms with van der Waals surface area (Å²) < 4.78 is 10.2. The Labute approximate surface area is 117 Å². The summed E-state index contributed by atoms with van der Waals surface area (Å²) in [6.45, 7) is 5.27. The molecule has 1 heterocycles. The molecule has 112 valence electrons. The van der Waals surface area contributed by atoms with E-state index in [-0.39, 0.29) is 12.0 Å². The van der Waals surface area contributed by atoms with Gasteiger partial charge in [0.1, 0.15) is 6.04 Å². The van der Waals surface area contributed by atoms with Gasteiger partial charge in [0, 0.05) is 6.54 Å². The first kappa shape index (κ1) is 16.4. The maximum Gasteiger partial charge on any atom is 0.325 e. The molecule has 0 saturated carbocycles. The van der Waals surface area contributed by atoms with Crippen molar-refractivity contribution >= 4 is 5.97 Å². The molecule has 1 aliphatic heterocycles. The summed E-state index contributed by atoms with van der Waals surface area (Å²) in [7, 11) is 1.45. The van der Waals surface area contributed by atoms with Crippen LogP contribution in [0, 0.1) is 0 Å². The lowest BCUT2D eigenvalue weighted by atomic mass is 10.1. The van der Waals surface area contributed by atoms with Crippen molar-refractivity contribution in [1.82, 2.24) is 4.90 Å². The molecule has 0 aromatic carbocycles. The van der Waals surface area contributed by atoms with Gasteiger partial charge in [0.15, 0.2) is 0 Å². The fraction of sp³-hybridized carbons (Fsp3) is 0.933. The van der Waals surface area contributed by atoms with Gasteiger partial charge in [0.25, 0.3) is 0 Å². The van der Waals surface area contributed by atoms with Gasteiger partial charge >= 0.3 is 5.97 Å². The largest absolute Gasteiger partial charge is 0.468 e. The molecule has 1 rings (SSSR count). The molecule has 0 aliphatic carbocycles. The topological polar surface area (TPSA) is 38.8 Å². The van der Waals surface area contributed by atoms with Crippen LogP contribution in [0.25, 0.3) is 0 Å². The van der Waals surface area contributed by atoms with E-state index < -0.39 is 0 Å². The Morgan fingerprint density at radius 2 is 1.89 bits per heavy atom. The number of methoxy groups -OCH3 is 1. The molecular weight excluding hydrogens is 242 g/mol. The van der Waals surface area contributed by atoms with E-state index in [9.17, 15) is 4.79 Å². The number of carbonyl (C=O) groups is 1. The number of unbranched alkanes of at least 4 members (excludes halogenated alkanes) is 6. The monoisotopic (exact) mass is 271 g/mol. The molecule has 4 heteroatoms. The van der Waals surface area contributed by atoms with Crippen molar-refractivity contribution in [2.75, 3.05) is 33.4 Å². The number of nitrogens with zero attached hydrogens (tertiary/aromatic N) is 1. The molecule has 19 heavy (non-hydrogen) atoms. The van der Waals surface area contributed by atoms with Crippen LogP contribution in [0.15, 0.2) is 0 Å². The van der Waals surface area contributed by atoms with Crippen LogP contribution in [-0.2, 0) is 14.3 Å². The predicted octanol–water partition coefficient (Wildman–Crippen LogP) is 2.61. The van der Waals surface area contributed by atoms with E-state index in [1.165, 1.54) is 52.1 Å². The highest BCUT2D eigenvalue weighted by molar-refractivity contribution is 5.75. The minimum absolute atomic E-state index is 0.164. The minimum atomic E-state index is -0.196. The Morgan fingerprint density at radius 1 is 1.21 bits per heavy atom. The highest BCUT2D eigenvalue weighted by atomic mass is 16.5. The molecule has 4 nitrogen and oxygen atoms in total. The van der Waals surface area contributed by atoms with Crippen LogP contribution >= 0.6 is 0 Å². The molecular formula is C15H29NO3. The van der Waals surface area contributed by atoms with Gasteiger partial charge in [-0.2, -0.15) is 0 Å². The van der Waals surface area contributed by atoms with Crippen molar-refractivity contribution in [3.05, 3.63) is 0 Å². The summed E-state index contributed by atoms with van der Waals surface area (Å²) in [5, 5.41) is 0. The average molecular weight is 271 g/mol. The molecule has 1 aliphatic rings. The molecule has 0 spiro atoms. The fourth-order valence-corrected chi connectivity index (χ4v) is 2.53. The minimum Gasteiger partial charge on any atom is -0.468 e. The third-order valence-electron chi connectivity index (χ3n) is 3.76. The van der Waals surface area contributed by atoms with Crippen molar-refractivity contribution in [2.45, 2.75) is 57.9 Å². The first-order valence-electron chi connectivity index (χ1n) is 7.69. The summed E-state index contributed by atoms with van der Waals surface area (Å²) in [4.78, 5) is 13.9. The van der Waals surface area contributed by atoms with E-state index in [0.717, 1.165) is 19.7 Å². The highest BCUT2D eigenvalue weighted by Gasteiger charge is 2.29. The van der Waals surface area contributed by atoms with Crippen LogP contribution in [0.2, 0.25) is 0 Å². The number of morpholine rings is 1. The SMILES string of the molecule is CCCCCCCCCN1CCOCC1C(=O)OC. The molecule has 0 aromatic heterocycles. The van der Waals surface area contributed by atoms with Gasteiger partial charge in [-0.05, 0) is 13.0 Å². The predicted molar refractivity (Wildman–Crippen MR) is 76.2 cm³/mol. The van der Waals surface area contributed by atoms with Gasteiger partial charge in [0.2, 0.25) is 0 Å². The van der Waals surface area contributed by atoms with Crippen LogP contribution in [-0.4, -0.2) is 50.3 Å². The lowest BCUT2D eigenvalue weighted by Gasteiger charge is -2.33. The number of hydrogen-bond donors (Lipinski definition) is 0. The van der Waals surface area contributed by atoms with Crippen molar-refractivity contribution in [3.63, 3.8) is 0 Å². The zero-order valence-electron chi connectivity index (χ0n) is 12.5. The number of rotatable bonds is 9. The molecule has 1 saturated heterocycles. The lowest BCUT2D eigenvalue weighted by Crippen LogP contribution is -2.50. The molecule has 0 N–H and O–H groups in total. The second kappa shape index (κ2) is 10.2. The Balaban J connectivity index is 2.13. The number of esters is 1. The smallest absolute Gasteiger partial charge is 0.325 e. The van der Waals surface area contributed by atoms with E-state index in [1.54, 1.807) is 0 Å². The third-order valence-corrected chi connectivity index (χ3v) is 3.76. The van der Waals surface area contributed by atoms with Crippen molar-refractivity contribution in [3.8, 4) is 0 Å². The average Bonchev–Trinajstić information content (AvgIpc) is 2.46. The molecule has 0 radical (unpaired) electrons. The fourth-order valence-electron chi connectivity index (χ4n) is 2.53. The summed E-state index contributed by atoms with van der Waals surface area (Å²) >= 11 is 0. The lowest BCUT2D eigenvalue weighted by molar-refractivity contribution is -0.153. The third kappa shape index (κ3) is 6.39. The van der Waals surface area contributed by atoms with Gasteiger partial charge in [-0.25, -0.2) is 0 Å². The van der Waals surface area contributed by atoms with Crippen LogP contribution in [0.3, 0.4) is 0 Å².